The summed E-state index contributed by atoms with van der Waals surface area (Å²) in [6.07, 6.45) is 5.06. The summed E-state index contributed by atoms with van der Waals surface area (Å²) in [6.45, 7) is 4.24. The Morgan fingerprint density at radius 3 is 2.75 bits per heavy atom. The summed E-state index contributed by atoms with van der Waals surface area (Å²) in [5.74, 6) is 0.909. The Balaban J connectivity index is 1.82. The maximum atomic E-state index is 4.93. The van der Waals surface area contributed by atoms with Gasteiger partial charge < -0.3 is 5.32 Å². The number of hydrogen-bond donors (Lipinski definition) is 1. The quantitative estimate of drug-likeness (QED) is 0.780. The second-order valence-electron chi connectivity index (χ2n) is 5.50. The Hall–Kier alpha value is -1.19. The van der Waals surface area contributed by atoms with Crippen LogP contribution in [0.2, 0.25) is 0 Å². The molecule has 3 rings (SSSR count). The van der Waals surface area contributed by atoms with Crippen LogP contribution in [-0.4, -0.2) is 18.1 Å². The molecule has 1 fully saturated rings. The summed E-state index contributed by atoms with van der Waals surface area (Å²) in [5, 5.41) is 4.75. The maximum absolute atomic E-state index is 4.93. The molecule has 0 amide bonds. The van der Waals surface area contributed by atoms with Gasteiger partial charge in [-0.25, -0.2) is 4.98 Å². The fourth-order valence-electron chi connectivity index (χ4n) is 2.43. The van der Waals surface area contributed by atoms with E-state index in [0.717, 1.165) is 25.4 Å². The topological polar surface area (TPSA) is 24.9 Å². The van der Waals surface area contributed by atoms with Crippen molar-refractivity contribution >= 4 is 11.3 Å². The zero-order valence-corrected chi connectivity index (χ0v) is 12.9. The van der Waals surface area contributed by atoms with E-state index < -0.39 is 0 Å². The van der Waals surface area contributed by atoms with Gasteiger partial charge >= 0.3 is 0 Å². The van der Waals surface area contributed by atoms with E-state index in [-0.39, 0.29) is 0 Å². The van der Waals surface area contributed by atoms with Gasteiger partial charge in [0.25, 0.3) is 0 Å². The van der Waals surface area contributed by atoms with Crippen molar-refractivity contribution in [3.63, 3.8) is 0 Å². The van der Waals surface area contributed by atoms with Crippen LogP contribution in [0.3, 0.4) is 0 Å². The molecule has 0 spiro atoms. The molecule has 1 heterocycles. The predicted molar refractivity (Wildman–Crippen MR) is 86.2 cm³/mol. The van der Waals surface area contributed by atoms with E-state index >= 15 is 0 Å². The molecule has 0 atom stereocenters. The summed E-state index contributed by atoms with van der Waals surface area (Å²) in [4.78, 5) is 6.37. The van der Waals surface area contributed by atoms with Gasteiger partial charge in [0.05, 0.1) is 10.7 Å². The minimum Gasteiger partial charge on any atom is -0.317 e. The number of nitrogens with one attached hydrogen (secondary N) is 1. The van der Waals surface area contributed by atoms with Crippen LogP contribution in [0.15, 0.2) is 30.3 Å². The van der Waals surface area contributed by atoms with Gasteiger partial charge in [-0.15, -0.1) is 11.3 Å². The lowest BCUT2D eigenvalue weighted by Crippen LogP contribution is -2.15. The summed E-state index contributed by atoms with van der Waals surface area (Å²) in [6, 6.07) is 10.6. The summed E-state index contributed by atoms with van der Waals surface area (Å²) >= 11 is 1.92. The van der Waals surface area contributed by atoms with Gasteiger partial charge in [-0.3, -0.25) is 0 Å². The standard InChI is InChI=1S/C17H22N2S/c1-2-18-11-10-15-17(14-6-4-3-5-7-14)19-16(20-15)12-13-8-9-13/h3-7,13,18H,2,8-12H2,1H3. The van der Waals surface area contributed by atoms with Crippen LogP contribution >= 0.6 is 11.3 Å². The van der Waals surface area contributed by atoms with E-state index in [1.165, 1.54) is 40.4 Å². The number of likely N-dealkylation sites (N-methyl/N-ethyl adjacent to an activating group) is 1. The first kappa shape index (κ1) is 13.8. The van der Waals surface area contributed by atoms with E-state index in [9.17, 15) is 0 Å². The SMILES string of the molecule is CCNCCc1sc(CC2CC2)nc1-c1ccccc1. The lowest BCUT2D eigenvalue weighted by Gasteiger charge is -2.03. The van der Waals surface area contributed by atoms with Crippen molar-refractivity contribution in [2.24, 2.45) is 5.92 Å². The van der Waals surface area contributed by atoms with E-state index in [4.69, 9.17) is 4.98 Å². The zero-order valence-electron chi connectivity index (χ0n) is 12.1. The largest absolute Gasteiger partial charge is 0.317 e. The fourth-order valence-corrected chi connectivity index (χ4v) is 3.63. The molecule has 0 aliphatic heterocycles. The molecule has 1 aromatic carbocycles. The van der Waals surface area contributed by atoms with Gasteiger partial charge in [0.2, 0.25) is 0 Å². The van der Waals surface area contributed by atoms with Crippen molar-refractivity contribution in [3.05, 3.63) is 40.2 Å². The van der Waals surface area contributed by atoms with Crippen LogP contribution in [0.1, 0.15) is 29.7 Å². The third-order valence-electron chi connectivity index (χ3n) is 3.73. The van der Waals surface area contributed by atoms with Gasteiger partial charge in [0.1, 0.15) is 0 Å². The lowest BCUT2D eigenvalue weighted by atomic mass is 10.1. The van der Waals surface area contributed by atoms with Crippen LogP contribution in [0, 0.1) is 5.92 Å². The molecule has 1 aromatic heterocycles. The van der Waals surface area contributed by atoms with Gasteiger partial charge in [-0.2, -0.15) is 0 Å². The summed E-state index contributed by atoms with van der Waals surface area (Å²) in [7, 11) is 0. The average Bonchev–Trinajstić information content (AvgIpc) is 3.20. The van der Waals surface area contributed by atoms with E-state index in [0.29, 0.717) is 0 Å². The molecule has 1 N–H and O–H groups in total. The number of benzene rings is 1. The normalized spacial score (nSPS) is 14.7. The van der Waals surface area contributed by atoms with Gasteiger partial charge in [-0.05, 0) is 31.7 Å². The fraction of sp³-hybridized carbons (Fsp3) is 0.471. The summed E-state index contributed by atoms with van der Waals surface area (Å²) in [5.41, 5.74) is 2.47. The first-order valence-electron chi connectivity index (χ1n) is 7.61. The lowest BCUT2D eigenvalue weighted by molar-refractivity contribution is 0.721. The Morgan fingerprint density at radius 1 is 1.25 bits per heavy atom. The molecule has 1 aliphatic carbocycles. The molecule has 1 aliphatic rings. The molecular formula is C17H22N2S. The number of rotatable bonds is 7. The van der Waals surface area contributed by atoms with Crippen molar-refractivity contribution in [1.82, 2.24) is 10.3 Å². The molecule has 1 saturated carbocycles. The van der Waals surface area contributed by atoms with Crippen molar-refractivity contribution in [2.45, 2.75) is 32.6 Å². The second-order valence-corrected chi connectivity index (χ2v) is 6.66. The van der Waals surface area contributed by atoms with Gasteiger partial charge in [0.15, 0.2) is 0 Å². The first-order valence-corrected chi connectivity index (χ1v) is 8.43. The summed E-state index contributed by atoms with van der Waals surface area (Å²) < 4.78 is 0. The van der Waals surface area contributed by atoms with Crippen LogP contribution in [0.25, 0.3) is 11.3 Å². The van der Waals surface area contributed by atoms with Crippen LogP contribution in [-0.2, 0) is 12.8 Å². The highest BCUT2D eigenvalue weighted by Crippen LogP contribution is 2.36. The van der Waals surface area contributed by atoms with Crippen molar-refractivity contribution in [1.29, 1.82) is 0 Å². The van der Waals surface area contributed by atoms with E-state index in [1.807, 2.05) is 11.3 Å². The van der Waals surface area contributed by atoms with Crippen molar-refractivity contribution < 1.29 is 0 Å². The van der Waals surface area contributed by atoms with Crippen LogP contribution in [0.5, 0.6) is 0 Å². The number of nitrogens with zero attached hydrogens (tertiary/aromatic N) is 1. The molecule has 0 saturated heterocycles. The third kappa shape index (κ3) is 3.47. The average molecular weight is 286 g/mol. The Bertz CT molecular complexity index is 543. The van der Waals surface area contributed by atoms with Crippen molar-refractivity contribution in [3.8, 4) is 11.3 Å². The molecule has 2 nitrogen and oxygen atoms in total. The highest BCUT2D eigenvalue weighted by atomic mass is 32.1. The third-order valence-corrected chi connectivity index (χ3v) is 4.87. The number of hydrogen-bond acceptors (Lipinski definition) is 3. The molecular weight excluding hydrogens is 264 g/mol. The smallest absolute Gasteiger partial charge is 0.0938 e. The van der Waals surface area contributed by atoms with Gasteiger partial charge in [-0.1, -0.05) is 37.3 Å². The minimum absolute atomic E-state index is 0.909. The van der Waals surface area contributed by atoms with Crippen LogP contribution < -0.4 is 5.32 Å². The molecule has 0 bridgehead atoms. The Kier molecular flexibility index (Phi) is 4.48. The minimum atomic E-state index is 0.909. The molecule has 0 unspecified atom stereocenters. The number of aromatic nitrogens is 1. The molecule has 0 radical (unpaired) electrons. The number of thiazole rings is 1. The first-order chi connectivity index (χ1) is 9.86. The molecule has 20 heavy (non-hydrogen) atoms. The highest BCUT2D eigenvalue weighted by molar-refractivity contribution is 7.12. The Labute approximate surface area is 125 Å². The monoisotopic (exact) mass is 286 g/mol. The molecule has 3 heteroatoms. The second kappa shape index (κ2) is 6.51. The maximum Gasteiger partial charge on any atom is 0.0938 e. The predicted octanol–water partition coefficient (Wildman–Crippen LogP) is 3.91. The van der Waals surface area contributed by atoms with Gasteiger partial charge in [0, 0.05) is 23.4 Å². The molecule has 2 aromatic rings. The molecule has 106 valence electrons. The van der Waals surface area contributed by atoms with E-state index in [2.05, 4.69) is 42.6 Å². The van der Waals surface area contributed by atoms with E-state index in [1.54, 1.807) is 0 Å². The zero-order chi connectivity index (χ0) is 13.8. The Morgan fingerprint density at radius 2 is 2.05 bits per heavy atom. The highest BCUT2D eigenvalue weighted by Gasteiger charge is 2.24. The van der Waals surface area contributed by atoms with Crippen LogP contribution in [0.4, 0.5) is 0 Å². The van der Waals surface area contributed by atoms with Crippen molar-refractivity contribution in [2.75, 3.05) is 13.1 Å².